The van der Waals surface area contributed by atoms with Crippen molar-refractivity contribution in [3.05, 3.63) is 17.7 Å². The zero-order valence-electron chi connectivity index (χ0n) is 8.33. The number of hydrogen-bond donors (Lipinski definition) is 1. The van der Waals surface area contributed by atoms with Gasteiger partial charge in [-0.15, -0.1) is 0 Å². The smallest absolute Gasteiger partial charge is 0.338 e. The largest absolute Gasteiger partial charge is 0.481 e. The number of esters is 1. The van der Waals surface area contributed by atoms with Crippen molar-refractivity contribution in [3.8, 4) is 5.88 Å². The van der Waals surface area contributed by atoms with Gasteiger partial charge in [0, 0.05) is 13.1 Å². The summed E-state index contributed by atoms with van der Waals surface area (Å²) >= 11 is 0. The number of aromatic nitrogens is 1. The minimum absolute atomic E-state index is 0.372. The number of methoxy groups -OCH3 is 2. The molecule has 1 N–H and O–H groups in total. The van der Waals surface area contributed by atoms with Crippen LogP contribution in [0.3, 0.4) is 0 Å². The Labute approximate surface area is 82.0 Å². The number of pyridine rings is 1. The van der Waals surface area contributed by atoms with Crippen LogP contribution in [0.25, 0.3) is 0 Å². The van der Waals surface area contributed by atoms with Crippen molar-refractivity contribution >= 4 is 11.8 Å². The molecular formula is C9H12N2O3. The monoisotopic (exact) mass is 196 g/mol. The lowest BCUT2D eigenvalue weighted by molar-refractivity contribution is 0.0600. The molecule has 14 heavy (non-hydrogen) atoms. The molecule has 5 heteroatoms. The van der Waals surface area contributed by atoms with Gasteiger partial charge in [-0.1, -0.05) is 0 Å². The van der Waals surface area contributed by atoms with Crippen LogP contribution in [0.15, 0.2) is 12.1 Å². The van der Waals surface area contributed by atoms with Crippen LogP contribution >= 0.6 is 0 Å². The molecule has 0 fully saturated rings. The van der Waals surface area contributed by atoms with Gasteiger partial charge in [-0.25, -0.2) is 4.79 Å². The molecule has 5 nitrogen and oxygen atoms in total. The van der Waals surface area contributed by atoms with Crippen LogP contribution in [-0.4, -0.2) is 32.2 Å². The Morgan fingerprint density at radius 1 is 1.43 bits per heavy atom. The number of hydrogen-bond acceptors (Lipinski definition) is 5. The lowest BCUT2D eigenvalue weighted by Gasteiger charge is -2.05. The lowest BCUT2D eigenvalue weighted by Crippen LogP contribution is -2.04. The summed E-state index contributed by atoms with van der Waals surface area (Å²) in [5.74, 6) is 0.518. The predicted octanol–water partition coefficient (Wildman–Crippen LogP) is 0.918. The molecule has 0 aromatic carbocycles. The minimum atomic E-state index is -0.415. The molecule has 76 valence electrons. The Kier molecular flexibility index (Phi) is 3.28. The van der Waals surface area contributed by atoms with Crippen molar-refractivity contribution in [3.63, 3.8) is 0 Å². The minimum Gasteiger partial charge on any atom is -0.481 e. The third kappa shape index (κ3) is 2.12. The summed E-state index contributed by atoms with van der Waals surface area (Å²) in [4.78, 5) is 15.3. The molecule has 0 amide bonds. The molecule has 0 spiro atoms. The van der Waals surface area contributed by atoms with Crippen LogP contribution in [-0.2, 0) is 4.74 Å². The summed E-state index contributed by atoms with van der Waals surface area (Å²) in [5.41, 5.74) is 0.406. The van der Waals surface area contributed by atoms with Gasteiger partial charge in [0.25, 0.3) is 0 Å². The molecule has 0 aliphatic carbocycles. The summed E-state index contributed by atoms with van der Waals surface area (Å²) in [6, 6.07) is 3.11. The maximum Gasteiger partial charge on any atom is 0.338 e. The van der Waals surface area contributed by atoms with Gasteiger partial charge in [0.15, 0.2) is 0 Å². The molecule has 0 saturated heterocycles. The van der Waals surface area contributed by atoms with E-state index in [1.54, 1.807) is 13.1 Å². The van der Waals surface area contributed by atoms with E-state index in [9.17, 15) is 4.79 Å². The number of nitrogens with one attached hydrogen (secondary N) is 1. The Hall–Kier alpha value is -1.78. The van der Waals surface area contributed by atoms with Gasteiger partial charge in [-0.2, -0.15) is 4.98 Å². The van der Waals surface area contributed by atoms with Gasteiger partial charge >= 0.3 is 5.97 Å². The second-order valence-corrected chi connectivity index (χ2v) is 2.53. The first-order chi connectivity index (χ1) is 6.71. The molecular weight excluding hydrogens is 184 g/mol. The number of nitrogens with zero attached hydrogens (tertiary/aromatic N) is 1. The highest BCUT2D eigenvalue weighted by molar-refractivity contribution is 5.90. The van der Waals surface area contributed by atoms with Crippen molar-refractivity contribution in [2.24, 2.45) is 0 Å². The van der Waals surface area contributed by atoms with Crippen molar-refractivity contribution < 1.29 is 14.3 Å². The Morgan fingerprint density at radius 2 is 2.14 bits per heavy atom. The van der Waals surface area contributed by atoms with Crippen LogP contribution in [0.5, 0.6) is 5.88 Å². The van der Waals surface area contributed by atoms with E-state index >= 15 is 0 Å². The fourth-order valence-electron chi connectivity index (χ4n) is 0.974. The number of carbonyl (C=O) groups is 1. The molecule has 0 atom stereocenters. The molecule has 0 saturated carbocycles. The van der Waals surface area contributed by atoms with E-state index in [1.807, 2.05) is 0 Å². The van der Waals surface area contributed by atoms with Crippen molar-refractivity contribution in [1.29, 1.82) is 0 Å². The highest BCUT2D eigenvalue weighted by atomic mass is 16.5. The van der Waals surface area contributed by atoms with Crippen LogP contribution in [0, 0.1) is 0 Å². The summed E-state index contributed by atoms with van der Waals surface area (Å²) in [6.45, 7) is 0. The summed E-state index contributed by atoms with van der Waals surface area (Å²) in [7, 11) is 4.53. The van der Waals surface area contributed by atoms with Crippen LogP contribution in [0.1, 0.15) is 10.4 Å². The standard InChI is InChI=1S/C9H12N2O3/c1-10-7-4-6(9(12)14-3)5-8(11-7)13-2/h4-5H,1-3H3,(H,10,11). The molecule has 0 bridgehead atoms. The maximum absolute atomic E-state index is 11.2. The second kappa shape index (κ2) is 4.45. The van der Waals surface area contributed by atoms with E-state index in [0.717, 1.165) is 0 Å². The summed E-state index contributed by atoms with van der Waals surface area (Å²) < 4.78 is 9.52. The van der Waals surface area contributed by atoms with Gasteiger partial charge < -0.3 is 14.8 Å². The zero-order chi connectivity index (χ0) is 10.6. The normalized spacial score (nSPS) is 9.36. The van der Waals surface area contributed by atoms with Crippen molar-refractivity contribution in [1.82, 2.24) is 4.98 Å². The first kappa shape index (κ1) is 10.3. The molecule has 1 aromatic rings. The van der Waals surface area contributed by atoms with Gasteiger partial charge in [-0.05, 0) is 6.07 Å². The van der Waals surface area contributed by atoms with Crippen molar-refractivity contribution in [2.75, 3.05) is 26.6 Å². The van der Waals surface area contributed by atoms with E-state index in [-0.39, 0.29) is 0 Å². The Balaban J connectivity index is 3.10. The van der Waals surface area contributed by atoms with Crippen molar-refractivity contribution in [2.45, 2.75) is 0 Å². The third-order valence-electron chi connectivity index (χ3n) is 1.69. The molecule has 1 rings (SSSR count). The number of rotatable bonds is 3. The quantitative estimate of drug-likeness (QED) is 0.728. The topological polar surface area (TPSA) is 60.5 Å². The molecule has 0 aliphatic heterocycles. The van der Waals surface area contributed by atoms with Crippen LogP contribution in [0.2, 0.25) is 0 Å². The average molecular weight is 196 g/mol. The fraction of sp³-hybridized carbons (Fsp3) is 0.333. The molecule has 0 aliphatic rings. The van der Waals surface area contributed by atoms with E-state index in [2.05, 4.69) is 15.0 Å². The first-order valence-electron chi connectivity index (χ1n) is 4.03. The van der Waals surface area contributed by atoms with E-state index in [1.165, 1.54) is 20.3 Å². The van der Waals surface area contributed by atoms with Gasteiger partial charge in [-0.3, -0.25) is 0 Å². The van der Waals surface area contributed by atoms with Gasteiger partial charge in [0.2, 0.25) is 5.88 Å². The number of carbonyl (C=O) groups excluding carboxylic acids is 1. The highest BCUT2D eigenvalue weighted by Crippen LogP contribution is 2.15. The van der Waals surface area contributed by atoms with E-state index < -0.39 is 5.97 Å². The fourth-order valence-corrected chi connectivity index (χ4v) is 0.974. The maximum atomic E-state index is 11.2. The predicted molar refractivity (Wildman–Crippen MR) is 51.7 cm³/mol. The molecule has 0 radical (unpaired) electrons. The third-order valence-corrected chi connectivity index (χ3v) is 1.69. The zero-order valence-corrected chi connectivity index (χ0v) is 8.33. The van der Waals surface area contributed by atoms with E-state index in [4.69, 9.17) is 4.74 Å². The lowest BCUT2D eigenvalue weighted by atomic mass is 10.2. The number of ether oxygens (including phenoxy) is 2. The Bertz CT molecular complexity index is 317. The first-order valence-corrected chi connectivity index (χ1v) is 4.03. The summed E-state index contributed by atoms with van der Waals surface area (Å²) in [6.07, 6.45) is 0. The van der Waals surface area contributed by atoms with Gasteiger partial charge in [0.05, 0.1) is 19.8 Å². The molecule has 0 unspecified atom stereocenters. The second-order valence-electron chi connectivity index (χ2n) is 2.53. The Morgan fingerprint density at radius 3 is 2.64 bits per heavy atom. The van der Waals surface area contributed by atoms with Gasteiger partial charge in [0.1, 0.15) is 5.82 Å². The molecule has 1 aromatic heterocycles. The van der Waals surface area contributed by atoms with E-state index in [0.29, 0.717) is 17.3 Å². The van der Waals surface area contributed by atoms with Crippen LogP contribution in [0.4, 0.5) is 5.82 Å². The average Bonchev–Trinajstić information content (AvgIpc) is 2.27. The highest BCUT2D eigenvalue weighted by Gasteiger charge is 2.09. The number of anilines is 1. The SMILES string of the molecule is CNc1cc(C(=O)OC)cc(OC)n1. The molecule has 1 heterocycles. The summed E-state index contributed by atoms with van der Waals surface area (Å²) in [5, 5.41) is 2.82. The van der Waals surface area contributed by atoms with Crippen LogP contribution < -0.4 is 10.1 Å².